The van der Waals surface area contributed by atoms with Gasteiger partial charge in [0, 0.05) is 12.8 Å². The van der Waals surface area contributed by atoms with Crippen molar-refractivity contribution in [3.63, 3.8) is 0 Å². The van der Waals surface area contributed by atoms with Gasteiger partial charge in [-0.25, -0.2) is 0 Å². The van der Waals surface area contributed by atoms with Crippen molar-refractivity contribution in [1.82, 2.24) is 0 Å². The van der Waals surface area contributed by atoms with E-state index in [1.807, 2.05) is 33.3 Å². The first-order valence-electron chi connectivity index (χ1n) is 20.7. The average molecular weight is 816 g/mol. The zero-order valence-corrected chi connectivity index (χ0v) is 36.5. The number of carbonyl (C=O) groups excluding carboxylic acids is 2. The van der Waals surface area contributed by atoms with Crippen LogP contribution in [0.4, 0.5) is 0 Å². The number of phosphoric ester groups is 1. The highest BCUT2D eigenvalue weighted by atomic mass is 31.2. The number of carbonyl (C=O) groups is 2. The average Bonchev–Trinajstić information content (AvgIpc) is 3.15. The number of phosphoric acid groups is 1. The minimum absolute atomic E-state index is 0.0222. The number of likely N-dealkylation sites (N-methyl/N-ethyl adjacent to an activating group) is 1. The zero-order chi connectivity index (χ0) is 42.3. The molecular weight excluding hydrogens is 741 g/mol. The number of nitrogens with zero attached hydrogens (tertiary/aromatic N) is 1. The van der Waals surface area contributed by atoms with Crippen LogP contribution in [0.3, 0.4) is 0 Å². The molecule has 0 aliphatic heterocycles. The molecule has 0 rings (SSSR count). The number of quaternary nitrogens is 1. The van der Waals surface area contributed by atoms with Crippen molar-refractivity contribution in [2.24, 2.45) is 0 Å². The fourth-order valence-corrected chi connectivity index (χ4v) is 5.40. The molecule has 3 atom stereocenters. The van der Waals surface area contributed by atoms with Gasteiger partial charge >= 0.3 is 11.9 Å². The predicted molar refractivity (Wildman–Crippen MR) is 232 cm³/mol. The molecule has 0 aromatic carbocycles. The lowest BCUT2D eigenvalue weighted by Crippen LogP contribution is -2.37. The Bertz CT molecular complexity index is 1350. The maximum Gasteiger partial charge on any atom is 0.306 e. The lowest BCUT2D eigenvalue weighted by molar-refractivity contribution is -0.870. The Labute approximate surface area is 345 Å². The highest BCUT2D eigenvalue weighted by Crippen LogP contribution is 2.38. The van der Waals surface area contributed by atoms with Crippen LogP contribution in [0.1, 0.15) is 110 Å². The molecule has 0 aliphatic carbocycles. The molecule has 2 unspecified atom stereocenters. The number of esters is 2. The van der Waals surface area contributed by atoms with Crippen molar-refractivity contribution in [3.8, 4) is 0 Å². The number of aliphatic hydroxyl groups is 1. The maximum absolute atomic E-state index is 12.7. The molecule has 0 heterocycles. The summed E-state index contributed by atoms with van der Waals surface area (Å²) >= 11 is 0. The van der Waals surface area contributed by atoms with E-state index in [1.54, 1.807) is 12.2 Å². The minimum Gasteiger partial charge on any atom is -0.756 e. The van der Waals surface area contributed by atoms with Gasteiger partial charge in [0.25, 0.3) is 7.82 Å². The minimum atomic E-state index is -4.70. The molecule has 0 spiro atoms. The van der Waals surface area contributed by atoms with E-state index in [0.717, 1.165) is 64.2 Å². The Morgan fingerprint density at radius 1 is 0.649 bits per heavy atom. The van der Waals surface area contributed by atoms with Crippen LogP contribution in [0.5, 0.6) is 0 Å². The van der Waals surface area contributed by atoms with E-state index in [9.17, 15) is 24.2 Å². The first-order chi connectivity index (χ1) is 27.4. The summed E-state index contributed by atoms with van der Waals surface area (Å²) in [6, 6.07) is 0. The van der Waals surface area contributed by atoms with Gasteiger partial charge < -0.3 is 33.0 Å². The van der Waals surface area contributed by atoms with Crippen LogP contribution in [0.15, 0.2) is 109 Å². The Kier molecular flexibility index (Phi) is 34.8. The van der Waals surface area contributed by atoms with Crippen LogP contribution in [-0.4, -0.2) is 81.2 Å². The lowest BCUT2D eigenvalue weighted by Gasteiger charge is -2.28. The van der Waals surface area contributed by atoms with Gasteiger partial charge in [-0.2, -0.15) is 0 Å². The smallest absolute Gasteiger partial charge is 0.306 e. The van der Waals surface area contributed by atoms with Gasteiger partial charge in [0.15, 0.2) is 6.10 Å². The molecule has 57 heavy (non-hydrogen) atoms. The van der Waals surface area contributed by atoms with Crippen LogP contribution in [0, 0.1) is 0 Å². The van der Waals surface area contributed by atoms with E-state index in [1.165, 1.54) is 0 Å². The van der Waals surface area contributed by atoms with Gasteiger partial charge in [-0.1, -0.05) is 123 Å². The van der Waals surface area contributed by atoms with Gasteiger partial charge in [0.1, 0.15) is 19.8 Å². The standard InChI is InChI=1S/C46H74NO9P/c1-6-8-10-12-14-16-18-20-21-23-25-27-29-31-33-37-45(49)53-41-44(42-55-57(51,52)54-40-39-47(3,4)5)56-46(50)38-34-36-43(48)35-32-30-28-26-24-22-19-17-15-13-11-9-7-2/h8-11,14-17,20-22,24-25,27-28,30,32,35,43-44,48H,6-7,12-13,18-19,23,26,29,31,33-34,36-42H2,1-5H3/b10-8-,11-9-,16-14-,17-15-,21-20-,24-22-,27-25-,30-28-,35-32+/t43?,44-/m1/s1. The van der Waals surface area contributed by atoms with E-state index >= 15 is 0 Å². The fraction of sp³-hybridized carbons (Fsp3) is 0.565. The van der Waals surface area contributed by atoms with Gasteiger partial charge in [-0.05, 0) is 83.5 Å². The summed E-state index contributed by atoms with van der Waals surface area (Å²) in [6.07, 6.45) is 45.9. The van der Waals surface area contributed by atoms with Crippen LogP contribution in [0.2, 0.25) is 0 Å². The number of unbranched alkanes of at least 4 members (excludes halogenated alkanes) is 2. The summed E-state index contributed by atoms with van der Waals surface area (Å²) in [6.45, 7) is 3.67. The third-order valence-corrected chi connectivity index (χ3v) is 8.86. The summed E-state index contributed by atoms with van der Waals surface area (Å²) in [7, 11) is 0.999. The van der Waals surface area contributed by atoms with E-state index in [2.05, 4.69) is 98.9 Å². The highest BCUT2D eigenvalue weighted by Gasteiger charge is 2.22. The van der Waals surface area contributed by atoms with Gasteiger partial charge in [0.05, 0.1) is 33.9 Å². The van der Waals surface area contributed by atoms with E-state index in [0.29, 0.717) is 30.3 Å². The molecule has 0 fully saturated rings. The van der Waals surface area contributed by atoms with Crippen molar-refractivity contribution in [1.29, 1.82) is 0 Å². The molecule has 0 aromatic heterocycles. The van der Waals surface area contributed by atoms with Crippen molar-refractivity contribution < 1.29 is 47.2 Å². The van der Waals surface area contributed by atoms with Gasteiger partial charge in [0.2, 0.25) is 0 Å². The Balaban J connectivity index is 4.70. The van der Waals surface area contributed by atoms with E-state index < -0.39 is 38.6 Å². The van der Waals surface area contributed by atoms with Crippen LogP contribution >= 0.6 is 7.82 Å². The van der Waals surface area contributed by atoms with Gasteiger partial charge in [-0.3, -0.25) is 14.2 Å². The Morgan fingerprint density at radius 3 is 1.70 bits per heavy atom. The number of rotatable bonds is 35. The predicted octanol–water partition coefficient (Wildman–Crippen LogP) is 9.91. The second-order valence-electron chi connectivity index (χ2n) is 14.4. The molecule has 11 heteroatoms. The van der Waals surface area contributed by atoms with Crippen LogP contribution < -0.4 is 4.89 Å². The summed E-state index contributed by atoms with van der Waals surface area (Å²) in [5, 5.41) is 10.3. The van der Waals surface area contributed by atoms with Crippen molar-refractivity contribution in [2.45, 2.75) is 122 Å². The monoisotopic (exact) mass is 816 g/mol. The van der Waals surface area contributed by atoms with Crippen molar-refractivity contribution >= 4 is 19.8 Å². The quantitative estimate of drug-likeness (QED) is 0.0166. The number of ether oxygens (including phenoxy) is 2. The molecule has 0 radical (unpaired) electrons. The molecule has 0 saturated heterocycles. The second-order valence-corrected chi connectivity index (χ2v) is 15.8. The molecule has 0 aliphatic rings. The number of hydrogen-bond acceptors (Lipinski definition) is 9. The molecule has 1 N–H and O–H groups in total. The Morgan fingerprint density at radius 2 is 1.16 bits per heavy atom. The largest absolute Gasteiger partial charge is 0.756 e. The molecule has 0 amide bonds. The van der Waals surface area contributed by atoms with E-state index in [4.69, 9.17) is 18.5 Å². The highest BCUT2D eigenvalue weighted by molar-refractivity contribution is 7.45. The summed E-state index contributed by atoms with van der Waals surface area (Å²) < 4.78 is 33.6. The third kappa shape index (κ3) is 40.6. The number of hydrogen-bond donors (Lipinski definition) is 1. The molecule has 0 bridgehead atoms. The van der Waals surface area contributed by atoms with E-state index in [-0.39, 0.29) is 26.1 Å². The summed E-state index contributed by atoms with van der Waals surface area (Å²) in [5.74, 6) is -1.10. The van der Waals surface area contributed by atoms with Gasteiger partial charge in [-0.15, -0.1) is 0 Å². The topological polar surface area (TPSA) is 131 Å². The first-order valence-corrected chi connectivity index (χ1v) is 22.2. The van der Waals surface area contributed by atoms with Crippen LogP contribution in [0.25, 0.3) is 0 Å². The summed E-state index contributed by atoms with van der Waals surface area (Å²) in [4.78, 5) is 37.5. The SMILES string of the molecule is CC/C=C\C/C=C\C/C=C\C/C=C\C=C\C(O)CCCC(=O)O[C@H](COC(=O)CCCC/C=C\C/C=C\C/C=C\C/C=C\CC)COP(=O)([O-])OCC[N+](C)(C)C. The Hall–Kier alpha value is -3.37. The normalized spacial score (nSPS) is 15.3. The van der Waals surface area contributed by atoms with Crippen molar-refractivity contribution in [2.75, 3.05) is 47.5 Å². The first kappa shape index (κ1) is 53.6. The zero-order valence-electron chi connectivity index (χ0n) is 35.6. The molecule has 10 nitrogen and oxygen atoms in total. The van der Waals surface area contributed by atoms with Crippen molar-refractivity contribution in [3.05, 3.63) is 109 Å². The number of allylic oxidation sites excluding steroid dienone is 17. The molecule has 0 aromatic rings. The fourth-order valence-electron chi connectivity index (χ4n) is 4.67. The molecule has 322 valence electrons. The third-order valence-electron chi connectivity index (χ3n) is 7.89. The maximum atomic E-state index is 12.7. The van der Waals surface area contributed by atoms with Crippen LogP contribution in [-0.2, 0) is 32.7 Å². The lowest BCUT2D eigenvalue weighted by atomic mass is 10.1. The second kappa shape index (κ2) is 36.9. The molecule has 0 saturated carbocycles. The summed E-state index contributed by atoms with van der Waals surface area (Å²) in [5.41, 5.74) is 0. The number of aliphatic hydroxyl groups excluding tert-OH is 1. The molecular formula is C46H74NO9P.